The summed E-state index contributed by atoms with van der Waals surface area (Å²) in [5.41, 5.74) is -0.157. The second kappa shape index (κ2) is 3.99. The summed E-state index contributed by atoms with van der Waals surface area (Å²) in [5.74, 6) is 2.28. The molecule has 0 amide bonds. The van der Waals surface area contributed by atoms with E-state index in [0.717, 1.165) is 25.7 Å². The van der Waals surface area contributed by atoms with Gasteiger partial charge in [0.25, 0.3) is 0 Å². The lowest BCUT2D eigenvalue weighted by Crippen LogP contribution is -2.57. The normalized spacial score (nSPS) is 60.0. The molecule has 0 aromatic heterocycles. The smallest absolute Gasteiger partial charge is 0.139 e. The van der Waals surface area contributed by atoms with Gasteiger partial charge in [-0.15, -0.1) is 0 Å². The summed E-state index contributed by atoms with van der Waals surface area (Å²) in [4.78, 5) is 12.6. The Kier molecular flexibility index (Phi) is 2.75. The first kappa shape index (κ1) is 15.2. The van der Waals surface area contributed by atoms with Gasteiger partial charge in [0, 0.05) is 11.8 Å². The molecule has 4 fully saturated rings. The van der Waals surface area contributed by atoms with Crippen molar-refractivity contribution in [1.82, 2.24) is 0 Å². The standard InChI is InChI=1S/C20H32O2/c1-12(2)20(22)9-8-17(3)6-7-18(4)11-14(21)19(5)10-13(19)15(18)16(17)20/h12-13,15-16,22H,6-11H2,1-5H3/t13-,15+,16+,17-,18-,19-,20-/m0/s1. The van der Waals surface area contributed by atoms with Gasteiger partial charge >= 0.3 is 0 Å². The Labute approximate surface area is 135 Å². The number of hydrogen-bond acceptors (Lipinski definition) is 2. The van der Waals surface area contributed by atoms with E-state index >= 15 is 0 Å². The van der Waals surface area contributed by atoms with Gasteiger partial charge in [-0.3, -0.25) is 4.79 Å². The molecule has 2 heteroatoms. The Morgan fingerprint density at radius 3 is 2.27 bits per heavy atom. The Morgan fingerprint density at radius 1 is 1.05 bits per heavy atom. The molecule has 1 N–H and O–H groups in total. The van der Waals surface area contributed by atoms with Crippen LogP contribution in [0.5, 0.6) is 0 Å². The zero-order chi connectivity index (χ0) is 16.1. The molecule has 0 spiro atoms. The molecule has 4 rings (SSSR count). The fraction of sp³-hybridized carbons (Fsp3) is 0.950. The number of carbonyl (C=O) groups is 1. The lowest BCUT2D eigenvalue weighted by atomic mass is 9.47. The predicted molar refractivity (Wildman–Crippen MR) is 87.3 cm³/mol. The second-order valence-corrected chi connectivity index (χ2v) is 10.3. The number of aliphatic hydroxyl groups is 1. The quantitative estimate of drug-likeness (QED) is 0.788. The molecular weight excluding hydrogens is 272 g/mol. The minimum Gasteiger partial charge on any atom is -0.389 e. The SMILES string of the molecule is CC(C)[C@@]1(O)CC[C@]2(C)CC[C@@]3(C)CC(=O)[C@@]4(C)C[C@H]4[C@@H]3[C@H]21. The highest BCUT2D eigenvalue weighted by molar-refractivity contribution is 5.89. The summed E-state index contributed by atoms with van der Waals surface area (Å²) in [6.07, 6.45) is 6.32. The summed E-state index contributed by atoms with van der Waals surface area (Å²) < 4.78 is 0. The predicted octanol–water partition coefficient (Wildman–Crippen LogP) is 4.21. The zero-order valence-corrected chi connectivity index (χ0v) is 14.9. The maximum atomic E-state index is 12.6. The average molecular weight is 304 g/mol. The van der Waals surface area contributed by atoms with E-state index in [1.54, 1.807) is 0 Å². The van der Waals surface area contributed by atoms with Crippen molar-refractivity contribution >= 4 is 5.78 Å². The maximum Gasteiger partial charge on any atom is 0.139 e. The van der Waals surface area contributed by atoms with Crippen LogP contribution in [0, 0.1) is 39.9 Å². The molecule has 0 unspecified atom stereocenters. The number of ketones is 1. The van der Waals surface area contributed by atoms with Gasteiger partial charge in [0.2, 0.25) is 0 Å². The molecular formula is C20H32O2. The monoisotopic (exact) mass is 304 g/mol. The summed E-state index contributed by atoms with van der Waals surface area (Å²) in [6.45, 7) is 11.4. The van der Waals surface area contributed by atoms with Gasteiger partial charge in [0.1, 0.15) is 5.78 Å². The van der Waals surface area contributed by atoms with Gasteiger partial charge in [0.15, 0.2) is 0 Å². The van der Waals surface area contributed by atoms with Crippen LogP contribution in [-0.4, -0.2) is 16.5 Å². The average Bonchev–Trinajstić information content (AvgIpc) is 3.04. The first-order chi connectivity index (χ1) is 10.1. The highest BCUT2D eigenvalue weighted by Gasteiger charge is 2.73. The van der Waals surface area contributed by atoms with Crippen LogP contribution >= 0.6 is 0 Å². The van der Waals surface area contributed by atoms with E-state index < -0.39 is 5.60 Å². The van der Waals surface area contributed by atoms with Crippen LogP contribution in [0.15, 0.2) is 0 Å². The highest BCUT2D eigenvalue weighted by Crippen LogP contribution is 2.76. The van der Waals surface area contributed by atoms with Crippen LogP contribution in [0.3, 0.4) is 0 Å². The molecule has 7 atom stereocenters. The van der Waals surface area contributed by atoms with E-state index in [2.05, 4.69) is 34.6 Å². The van der Waals surface area contributed by atoms with Crippen molar-refractivity contribution in [3.63, 3.8) is 0 Å². The van der Waals surface area contributed by atoms with Gasteiger partial charge in [-0.05, 0) is 66.6 Å². The van der Waals surface area contributed by atoms with Gasteiger partial charge < -0.3 is 5.11 Å². The lowest BCUT2D eigenvalue weighted by Gasteiger charge is -2.58. The van der Waals surface area contributed by atoms with Crippen LogP contribution in [0.2, 0.25) is 0 Å². The van der Waals surface area contributed by atoms with E-state index in [-0.39, 0.29) is 16.2 Å². The van der Waals surface area contributed by atoms with Crippen LogP contribution in [0.1, 0.15) is 73.1 Å². The van der Waals surface area contributed by atoms with Crippen molar-refractivity contribution in [2.24, 2.45) is 39.9 Å². The van der Waals surface area contributed by atoms with Gasteiger partial charge in [-0.25, -0.2) is 0 Å². The van der Waals surface area contributed by atoms with Crippen molar-refractivity contribution in [1.29, 1.82) is 0 Å². The molecule has 2 nitrogen and oxygen atoms in total. The summed E-state index contributed by atoms with van der Waals surface area (Å²) in [7, 11) is 0. The fourth-order valence-corrected chi connectivity index (χ4v) is 6.95. The highest BCUT2D eigenvalue weighted by atomic mass is 16.3. The zero-order valence-electron chi connectivity index (χ0n) is 14.9. The Morgan fingerprint density at radius 2 is 1.64 bits per heavy atom. The van der Waals surface area contributed by atoms with Crippen LogP contribution in [-0.2, 0) is 4.79 Å². The summed E-state index contributed by atoms with van der Waals surface area (Å²) >= 11 is 0. The Balaban J connectivity index is 1.81. The number of fused-ring (bicyclic) bond motifs is 5. The van der Waals surface area contributed by atoms with E-state index in [1.165, 1.54) is 12.8 Å². The molecule has 0 heterocycles. The number of carbonyl (C=O) groups excluding carboxylic acids is 1. The van der Waals surface area contributed by atoms with E-state index in [1.807, 2.05) is 0 Å². The molecule has 4 saturated carbocycles. The fourth-order valence-electron chi connectivity index (χ4n) is 6.95. The topological polar surface area (TPSA) is 37.3 Å². The minimum absolute atomic E-state index is 0.0527. The van der Waals surface area contributed by atoms with E-state index in [4.69, 9.17) is 0 Å². The molecule has 0 bridgehead atoms. The van der Waals surface area contributed by atoms with Gasteiger partial charge in [0.05, 0.1) is 5.60 Å². The third-order valence-electron chi connectivity index (χ3n) is 8.75. The Bertz CT molecular complexity index is 540. The minimum atomic E-state index is -0.523. The lowest BCUT2D eigenvalue weighted by molar-refractivity contribution is -0.164. The summed E-state index contributed by atoms with van der Waals surface area (Å²) in [6, 6.07) is 0. The first-order valence-electron chi connectivity index (χ1n) is 9.33. The van der Waals surface area contributed by atoms with Crippen LogP contribution in [0.25, 0.3) is 0 Å². The molecule has 0 aromatic rings. The maximum absolute atomic E-state index is 12.6. The Hall–Kier alpha value is -0.370. The van der Waals surface area contributed by atoms with Crippen LogP contribution in [0.4, 0.5) is 0 Å². The summed E-state index contributed by atoms with van der Waals surface area (Å²) in [5, 5.41) is 11.6. The third-order valence-corrected chi connectivity index (χ3v) is 8.75. The van der Waals surface area contributed by atoms with Gasteiger partial charge in [-0.1, -0.05) is 34.6 Å². The molecule has 0 aromatic carbocycles. The number of hydrogen-bond donors (Lipinski definition) is 1. The molecule has 0 radical (unpaired) electrons. The molecule has 22 heavy (non-hydrogen) atoms. The van der Waals surface area contributed by atoms with Crippen molar-refractivity contribution in [2.45, 2.75) is 78.7 Å². The second-order valence-electron chi connectivity index (χ2n) is 10.3. The number of rotatable bonds is 1. The molecule has 124 valence electrons. The van der Waals surface area contributed by atoms with E-state index in [9.17, 15) is 9.90 Å². The molecule has 4 aliphatic rings. The van der Waals surface area contributed by atoms with Crippen molar-refractivity contribution < 1.29 is 9.90 Å². The molecule has 0 aliphatic heterocycles. The van der Waals surface area contributed by atoms with E-state index in [0.29, 0.717) is 29.5 Å². The van der Waals surface area contributed by atoms with Crippen LogP contribution < -0.4 is 0 Å². The largest absolute Gasteiger partial charge is 0.389 e. The molecule has 4 aliphatic carbocycles. The first-order valence-corrected chi connectivity index (χ1v) is 9.33. The van der Waals surface area contributed by atoms with Crippen molar-refractivity contribution in [3.05, 3.63) is 0 Å². The third kappa shape index (κ3) is 1.58. The van der Waals surface area contributed by atoms with Gasteiger partial charge in [-0.2, -0.15) is 0 Å². The molecule has 0 saturated heterocycles. The van der Waals surface area contributed by atoms with Crippen molar-refractivity contribution in [2.75, 3.05) is 0 Å². The number of Topliss-reactive ketones (excluding diaryl/α,β-unsaturated/α-hetero) is 1. The van der Waals surface area contributed by atoms with Crippen molar-refractivity contribution in [3.8, 4) is 0 Å².